The fourth-order valence-electron chi connectivity index (χ4n) is 4.07. The summed E-state index contributed by atoms with van der Waals surface area (Å²) in [5, 5.41) is 0. The molecule has 3 nitrogen and oxygen atoms in total. The summed E-state index contributed by atoms with van der Waals surface area (Å²) >= 11 is 0. The number of anilines is 1. The van der Waals surface area contributed by atoms with Gasteiger partial charge in [-0.05, 0) is 49.1 Å². The number of hydrogen-bond acceptors (Lipinski definition) is 3. The van der Waals surface area contributed by atoms with Gasteiger partial charge in [0.25, 0.3) is 0 Å². The Morgan fingerprint density at radius 1 is 1.00 bits per heavy atom. The van der Waals surface area contributed by atoms with Crippen molar-refractivity contribution < 1.29 is 4.74 Å². The number of likely N-dealkylation sites (tertiary alicyclic amines) is 1. The molecule has 3 unspecified atom stereocenters. The van der Waals surface area contributed by atoms with Gasteiger partial charge in [0, 0.05) is 30.7 Å². The number of hydrogen-bond donors (Lipinski definition) is 1. The fourth-order valence-corrected chi connectivity index (χ4v) is 4.07. The minimum Gasteiger partial charge on any atom is -0.490 e. The third-order valence-electron chi connectivity index (χ3n) is 5.27. The SMILES string of the molecule is Nc1ccc(OC2CCC3CC2CN3Cc2ccccc2)cc1. The molecular formula is C20H24N2O. The van der Waals surface area contributed by atoms with E-state index in [1.807, 2.05) is 24.3 Å². The molecule has 2 fully saturated rings. The van der Waals surface area contributed by atoms with Crippen molar-refractivity contribution in [1.29, 1.82) is 0 Å². The van der Waals surface area contributed by atoms with Gasteiger partial charge in [-0.1, -0.05) is 30.3 Å². The highest BCUT2D eigenvalue weighted by Gasteiger charge is 2.41. The van der Waals surface area contributed by atoms with E-state index in [1.54, 1.807) is 0 Å². The Hall–Kier alpha value is -2.00. The molecule has 4 rings (SSSR count). The first kappa shape index (κ1) is 14.6. The van der Waals surface area contributed by atoms with Crippen LogP contribution in [-0.4, -0.2) is 23.6 Å². The number of fused-ring (bicyclic) bond motifs is 2. The predicted molar refractivity (Wildman–Crippen MR) is 93.3 cm³/mol. The van der Waals surface area contributed by atoms with Crippen molar-refractivity contribution in [2.75, 3.05) is 12.3 Å². The second kappa shape index (κ2) is 6.25. The zero-order valence-corrected chi connectivity index (χ0v) is 13.4. The number of benzene rings is 2. The van der Waals surface area contributed by atoms with Crippen LogP contribution in [0.5, 0.6) is 5.75 Å². The molecule has 0 spiro atoms. The summed E-state index contributed by atoms with van der Waals surface area (Å²) in [4.78, 5) is 2.65. The van der Waals surface area contributed by atoms with Gasteiger partial charge in [0.15, 0.2) is 0 Å². The summed E-state index contributed by atoms with van der Waals surface area (Å²) in [6.07, 6.45) is 4.01. The van der Waals surface area contributed by atoms with Gasteiger partial charge >= 0.3 is 0 Å². The monoisotopic (exact) mass is 308 g/mol. The smallest absolute Gasteiger partial charge is 0.119 e. The van der Waals surface area contributed by atoms with Gasteiger partial charge in [-0.25, -0.2) is 0 Å². The van der Waals surface area contributed by atoms with Gasteiger partial charge in [0.05, 0.1) is 0 Å². The van der Waals surface area contributed by atoms with Crippen LogP contribution >= 0.6 is 0 Å². The lowest BCUT2D eigenvalue weighted by molar-refractivity contribution is 0.113. The van der Waals surface area contributed by atoms with Gasteiger partial charge < -0.3 is 10.5 Å². The van der Waals surface area contributed by atoms with Gasteiger partial charge in [-0.3, -0.25) is 4.90 Å². The van der Waals surface area contributed by atoms with Crippen LogP contribution in [0.1, 0.15) is 24.8 Å². The Balaban J connectivity index is 1.40. The highest BCUT2D eigenvalue weighted by Crippen LogP contribution is 2.38. The Morgan fingerprint density at radius 2 is 1.78 bits per heavy atom. The van der Waals surface area contributed by atoms with E-state index >= 15 is 0 Å². The highest BCUT2D eigenvalue weighted by molar-refractivity contribution is 5.41. The molecule has 120 valence electrons. The zero-order valence-electron chi connectivity index (χ0n) is 13.4. The van der Waals surface area contributed by atoms with Crippen molar-refractivity contribution in [1.82, 2.24) is 4.90 Å². The molecule has 0 aromatic heterocycles. The topological polar surface area (TPSA) is 38.5 Å². The third kappa shape index (κ3) is 3.20. The largest absolute Gasteiger partial charge is 0.490 e. The maximum atomic E-state index is 6.26. The Labute approximate surface area is 138 Å². The van der Waals surface area contributed by atoms with Gasteiger partial charge in [0.1, 0.15) is 11.9 Å². The van der Waals surface area contributed by atoms with E-state index in [-0.39, 0.29) is 0 Å². The van der Waals surface area contributed by atoms with E-state index in [4.69, 9.17) is 10.5 Å². The summed E-state index contributed by atoms with van der Waals surface area (Å²) in [7, 11) is 0. The second-order valence-electron chi connectivity index (χ2n) is 6.87. The van der Waals surface area contributed by atoms with Crippen molar-refractivity contribution in [2.24, 2.45) is 5.92 Å². The first-order valence-electron chi connectivity index (χ1n) is 8.58. The minimum atomic E-state index is 0.343. The normalized spacial score (nSPS) is 27.0. The number of nitrogens with zero attached hydrogens (tertiary/aromatic N) is 1. The predicted octanol–water partition coefficient (Wildman–Crippen LogP) is 3.70. The van der Waals surface area contributed by atoms with Gasteiger partial charge in [0.2, 0.25) is 0 Å². The van der Waals surface area contributed by atoms with Crippen LogP contribution in [0.2, 0.25) is 0 Å². The fraction of sp³-hybridized carbons (Fsp3) is 0.400. The van der Waals surface area contributed by atoms with Crippen LogP contribution in [0.15, 0.2) is 54.6 Å². The Bertz CT molecular complexity index is 640. The van der Waals surface area contributed by atoms with Crippen LogP contribution in [0.25, 0.3) is 0 Å². The summed E-state index contributed by atoms with van der Waals surface area (Å²) in [5.74, 6) is 1.60. The van der Waals surface area contributed by atoms with Crippen molar-refractivity contribution in [3.8, 4) is 5.75 Å². The van der Waals surface area contributed by atoms with Crippen molar-refractivity contribution >= 4 is 5.69 Å². The third-order valence-corrected chi connectivity index (χ3v) is 5.27. The van der Waals surface area contributed by atoms with Crippen molar-refractivity contribution in [3.05, 3.63) is 60.2 Å². The Kier molecular flexibility index (Phi) is 3.96. The molecule has 1 aliphatic carbocycles. The van der Waals surface area contributed by atoms with E-state index in [0.29, 0.717) is 12.0 Å². The van der Waals surface area contributed by atoms with Crippen molar-refractivity contribution in [2.45, 2.75) is 38.0 Å². The first-order valence-corrected chi connectivity index (χ1v) is 8.58. The quantitative estimate of drug-likeness (QED) is 0.875. The molecule has 0 amide bonds. The minimum absolute atomic E-state index is 0.343. The lowest BCUT2D eigenvalue weighted by Crippen LogP contribution is -2.31. The van der Waals surface area contributed by atoms with E-state index in [9.17, 15) is 0 Å². The standard InChI is InChI=1S/C20H24N2O/c21-17-6-9-19(10-7-17)23-20-11-8-18-12-16(20)14-22(18)13-15-4-2-1-3-5-15/h1-7,9-10,16,18,20H,8,11-14,21H2. The molecule has 2 aliphatic rings. The summed E-state index contributed by atoms with van der Waals surface area (Å²) in [6.45, 7) is 2.22. The molecule has 1 heterocycles. The first-order chi connectivity index (χ1) is 11.3. The average Bonchev–Trinajstić information content (AvgIpc) is 2.90. The summed E-state index contributed by atoms with van der Waals surface area (Å²) in [5.41, 5.74) is 7.95. The number of rotatable bonds is 4. The van der Waals surface area contributed by atoms with Crippen LogP contribution in [0, 0.1) is 5.92 Å². The summed E-state index contributed by atoms with van der Waals surface area (Å²) < 4.78 is 6.26. The van der Waals surface area contributed by atoms with Gasteiger partial charge in [-0.2, -0.15) is 0 Å². The van der Waals surface area contributed by atoms with Crippen LogP contribution < -0.4 is 10.5 Å². The lowest BCUT2D eigenvalue weighted by Gasteiger charge is -2.29. The molecule has 3 atom stereocenters. The molecule has 1 saturated carbocycles. The average molecular weight is 308 g/mol. The second-order valence-corrected chi connectivity index (χ2v) is 6.87. The number of nitrogens with two attached hydrogens (primary N) is 1. The molecule has 1 saturated heterocycles. The van der Waals surface area contributed by atoms with E-state index < -0.39 is 0 Å². The molecule has 23 heavy (non-hydrogen) atoms. The van der Waals surface area contributed by atoms with Crippen LogP contribution in [-0.2, 0) is 6.54 Å². The lowest BCUT2D eigenvalue weighted by atomic mass is 9.87. The molecule has 2 aromatic rings. The van der Waals surface area contributed by atoms with Crippen molar-refractivity contribution in [3.63, 3.8) is 0 Å². The molecular weight excluding hydrogens is 284 g/mol. The molecule has 2 bridgehead atoms. The van der Waals surface area contributed by atoms with E-state index in [2.05, 4.69) is 35.2 Å². The van der Waals surface area contributed by atoms with Crippen LogP contribution in [0.3, 0.4) is 0 Å². The van der Waals surface area contributed by atoms with E-state index in [0.717, 1.165) is 37.0 Å². The van der Waals surface area contributed by atoms with Crippen LogP contribution in [0.4, 0.5) is 5.69 Å². The number of nitrogen functional groups attached to an aromatic ring is 1. The highest BCUT2D eigenvalue weighted by atomic mass is 16.5. The summed E-state index contributed by atoms with van der Waals surface area (Å²) in [6, 6.07) is 19.3. The zero-order chi connectivity index (χ0) is 15.6. The maximum absolute atomic E-state index is 6.26. The molecule has 0 radical (unpaired) electrons. The number of ether oxygens (including phenoxy) is 1. The van der Waals surface area contributed by atoms with Gasteiger partial charge in [-0.15, -0.1) is 0 Å². The van der Waals surface area contributed by atoms with E-state index in [1.165, 1.54) is 18.4 Å². The maximum Gasteiger partial charge on any atom is 0.119 e. The molecule has 2 N–H and O–H groups in total. The Morgan fingerprint density at radius 3 is 2.57 bits per heavy atom. The molecule has 3 heteroatoms. The molecule has 2 aromatic carbocycles. The molecule has 1 aliphatic heterocycles.